The van der Waals surface area contributed by atoms with E-state index >= 15 is 0 Å². The summed E-state index contributed by atoms with van der Waals surface area (Å²) in [5, 5.41) is 7.72. The van der Waals surface area contributed by atoms with E-state index < -0.39 is 0 Å². The number of aromatic amines is 1. The van der Waals surface area contributed by atoms with Gasteiger partial charge in [0.25, 0.3) is 5.56 Å². The van der Waals surface area contributed by atoms with Gasteiger partial charge in [0.2, 0.25) is 5.75 Å². The van der Waals surface area contributed by atoms with Crippen molar-refractivity contribution in [3.63, 3.8) is 0 Å². The number of rotatable bonds is 5. The van der Waals surface area contributed by atoms with Crippen molar-refractivity contribution in [1.82, 2.24) is 19.7 Å². The van der Waals surface area contributed by atoms with E-state index in [9.17, 15) is 4.79 Å². The van der Waals surface area contributed by atoms with Crippen LogP contribution < -0.4 is 19.8 Å². The Labute approximate surface area is 157 Å². The monoisotopic (exact) mass is 372 g/mol. The fraction of sp³-hybridized carbons (Fsp3) is 0.421. The summed E-state index contributed by atoms with van der Waals surface area (Å²) < 4.78 is 17.6. The quantitative estimate of drug-likeness (QED) is 0.740. The summed E-state index contributed by atoms with van der Waals surface area (Å²) in [5.41, 5.74) is 1.92. The average Bonchev–Trinajstić information content (AvgIpc) is 3.11. The van der Waals surface area contributed by atoms with E-state index in [2.05, 4.69) is 36.0 Å². The van der Waals surface area contributed by atoms with Crippen molar-refractivity contribution in [2.24, 2.45) is 0 Å². The topological polar surface area (TPSA) is 91.3 Å². The second-order valence-electron chi connectivity index (χ2n) is 7.25. The molecule has 0 aliphatic rings. The zero-order valence-electron chi connectivity index (χ0n) is 16.4. The predicted molar refractivity (Wildman–Crippen MR) is 102 cm³/mol. The summed E-state index contributed by atoms with van der Waals surface area (Å²) in [7, 11) is 4.53. The third kappa shape index (κ3) is 3.34. The molecule has 0 unspecified atom stereocenters. The molecule has 144 valence electrons. The van der Waals surface area contributed by atoms with Gasteiger partial charge in [-0.05, 0) is 12.1 Å². The maximum absolute atomic E-state index is 13.0. The molecular formula is C19H24N4O4. The van der Waals surface area contributed by atoms with Crippen LogP contribution >= 0.6 is 0 Å². The molecule has 0 saturated heterocycles. The molecule has 0 bridgehead atoms. The highest BCUT2D eigenvalue weighted by Crippen LogP contribution is 2.41. The van der Waals surface area contributed by atoms with Gasteiger partial charge in [0.05, 0.1) is 51.0 Å². The highest BCUT2D eigenvalue weighted by molar-refractivity contribution is 5.89. The van der Waals surface area contributed by atoms with Gasteiger partial charge in [-0.3, -0.25) is 14.5 Å². The van der Waals surface area contributed by atoms with Gasteiger partial charge < -0.3 is 14.2 Å². The van der Waals surface area contributed by atoms with Gasteiger partial charge in [-0.15, -0.1) is 0 Å². The zero-order valence-corrected chi connectivity index (χ0v) is 16.4. The van der Waals surface area contributed by atoms with Crippen LogP contribution in [-0.2, 0) is 12.0 Å². The second-order valence-corrected chi connectivity index (χ2v) is 7.25. The van der Waals surface area contributed by atoms with Crippen molar-refractivity contribution in [2.45, 2.75) is 32.7 Å². The van der Waals surface area contributed by atoms with Gasteiger partial charge in [-0.2, -0.15) is 5.10 Å². The molecule has 27 heavy (non-hydrogen) atoms. The van der Waals surface area contributed by atoms with E-state index in [1.54, 1.807) is 6.07 Å². The van der Waals surface area contributed by atoms with Crippen molar-refractivity contribution in [3.8, 4) is 17.2 Å². The number of H-pyrrole nitrogens is 1. The van der Waals surface area contributed by atoms with Crippen LogP contribution in [0.5, 0.6) is 17.2 Å². The number of fused-ring (bicyclic) bond motifs is 1. The van der Waals surface area contributed by atoms with Crippen LogP contribution in [0.15, 0.2) is 23.3 Å². The molecular weight excluding hydrogens is 348 g/mol. The summed E-state index contributed by atoms with van der Waals surface area (Å²) in [5.74, 6) is 1.18. The Morgan fingerprint density at radius 1 is 1.07 bits per heavy atom. The molecule has 3 rings (SSSR count). The fourth-order valence-electron chi connectivity index (χ4n) is 2.89. The lowest BCUT2D eigenvalue weighted by Gasteiger charge is -2.14. The van der Waals surface area contributed by atoms with E-state index in [4.69, 9.17) is 14.2 Å². The number of benzene rings is 1. The second kappa shape index (κ2) is 6.94. The van der Waals surface area contributed by atoms with Crippen LogP contribution in [0.25, 0.3) is 10.9 Å². The Kier molecular flexibility index (Phi) is 4.82. The lowest BCUT2D eigenvalue weighted by atomic mass is 9.92. The third-order valence-electron chi connectivity index (χ3n) is 4.36. The first kappa shape index (κ1) is 18.8. The molecule has 0 saturated carbocycles. The van der Waals surface area contributed by atoms with E-state index in [-0.39, 0.29) is 11.0 Å². The van der Waals surface area contributed by atoms with E-state index in [0.29, 0.717) is 34.7 Å². The molecule has 2 heterocycles. The normalized spacial score (nSPS) is 11.6. The molecule has 0 aliphatic heterocycles. The van der Waals surface area contributed by atoms with Gasteiger partial charge in [0, 0.05) is 5.41 Å². The summed E-state index contributed by atoms with van der Waals surface area (Å²) >= 11 is 0. The number of methoxy groups -OCH3 is 3. The summed E-state index contributed by atoms with van der Waals surface area (Å²) in [6, 6.07) is 3.59. The van der Waals surface area contributed by atoms with Crippen LogP contribution in [0.2, 0.25) is 0 Å². The van der Waals surface area contributed by atoms with Gasteiger partial charge in [-0.1, -0.05) is 20.8 Å². The van der Waals surface area contributed by atoms with Gasteiger partial charge in [0.15, 0.2) is 11.5 Å². The van der Waals surface area contributed by atoms with E-state index in [1.165, 1.54) is 32.2 Å². The Bertz CT molecular complexity index is 1030. The van der Waals surface area contributed by atoms with Gasteiger partial charge >= 0.3 is 0 Å². The maximum atomic E-state index is 13.0. The first-order valence-corrected chi connectivity index (χ1v) is 8.53. The van der Waals surface area contributed by atoms with Crippen molar-refractivity contribution in [2.75, 3.05) is 21.3 Å². The molecule has 3 aromatic rings. The van der Waals surface area contributed by atoms with Crippen molar-refractivity contribution >= 4 is 10.9 Å². The minimum absolute atomic E-state index is 0.0708. The molecule has 0 aliphatic carbocycles. The lowest BCUT2D eigenvalue weighted by molar-refractivity contribution is 0.326. The van der Waals surface area contributed by atoms with Crippen molar-refractivity contribution in [3.05, 3.63) is 40.2 Å². The highest BCUT2D eigenvalue weighted by atomic mass is 16.5. The average molecular weight is 372 g/mol. The highest BCUT2D eigenvalue weighted by Gasteiger charge is 2.20. The van der Waals surface area contributed by atoms with Crippen LogP contribution in [0.1, 0.15) is 32.2 Å². The molecule has 0 fully saturated rings. The van der Waals surface area contributed by atoms with Crippen molar-refractivity contribution in [1.29, 1.82) is 0 Å². The van der Waals surface area contributed by atoms with Crippen LogP contribution in [-0.4, -0.2) is 41.1 Å². The maximum Gasteiger partial charge on any atom is 0.261 e. The zero-order chi connectivity index (χ0) is 19.8. The Balaban J connectivity index is 2.10. The Morgan fingerprint density at radius 3 is 2.33 bits per heavy atom. The Morgan fingerprint density at radius 2 is 1.78 bits per heavy atom. The van der Waals surface area contributed by atoms with Gasteiger partial charge in [-0.25, -0.2) is 4.98 Å². The minimum atomic E-state index is -0.203. The minimum Gasteiger partial charge on any atom is -0.493 e. The van der Waals surface area contributed by atoms with Crippen LogP contribution in [0, 0.1) is 0 Å². The van der Waals surface area contributed by atoms with Gasteiger partial charge in [0.1, 0.15) is 5.52 Å². The molecule has 0 atom stereocenters. The molecule has 0 amide bonds. The standard InChI is InChI=1S/C19H24N4O4/c1-19(2,3)14-7-11(21-22-14)9-23-10-20-15-12(18(23)24)8-13(25-4)16(26-5)17(15)27-6/h7-8,10H,9H2,1-6H3,(H,21,22). The number of ether oxygens (including phenoxy) is 3. The SMILES string of the molecule is COc1cc2c(=O)n(Cc3cc(C(C)(C)C)n[nH]3)cnc2c(OC)c1OC. The number of nitrogens with zero attached hydrogens (tertiary/aromatic N) is 3. The summed E-state index contributed by atoms with van der Waals surface area (Å²) in [6.45, 7) is 6.59. The first-order valence-electron chi connectivity index (χ1n) is 8.53. The number of aromatic nitrogens is 4. The largest absolute Gasteiger partial charge is 0.493 e. The predicted octanol–water partition coefficient (Wildman–Crippen LogP) is 2.49. The van der Waals surface area contributed by atoms with Crippen LogP contribution in [0.4, 0.5) is 0 Å². The number of nitrogens with one attached hydrogen (secondary N) is 1. The fourth-order valence-corrected chi connectivity index (χ4v) is 2.89. The number of hydrogen-bond donors (Lipinski definition) is 1. The smallest absolute Gasteiger partial charge is 0.261 e. The summed E-state index contributed by atoms with van der Waals surface area (Å²) in [4.78, 5) is 17.4. The first-order chi connectivity index (χ1) is 12.8. The molecule has 8 heteroatoms. The summed E-state index contributed by atoms with van der Waals surface area (Å²) in [6.07, 6.45) is 1.50. The van der Waals surface area contributed by atoms with E-state index in [1.807, 2.05) is 6.07 Å². The molecule has 8 nitrogen and oxygen atoms in total. The molecule has 0 spiro atoms. The van der Waals surface area contributed by atoms with E-state index in [0.717, 1.165) is 11.4 Å². The van der Waals surface area contributed by atoms with Crippen molar-refractivity contribution < 1.29 is 14.2 Å². The molecule has 0 radical (unpaired) electrons. The third-order valence-corrected chi connectivity index (χ3v) is 4.36. The molecule has 1 aromatic carbocycles. The van der Waals surface area contributed by atoms with Crippen LogP contribution in [0.3, 0.4) is 0 Å². The Hall–Kier alpha value is -3.03. The molecule has 1 N–H and O–H groups in total. The number of hydrogen-bond acceptors (Lipinski definition) is 6. The molecule has 2 aromatic heterocycles. The lowest BCUT2D eigenvalue weighted by Crippen LogP contribution is -2.21.